The summed E-state index contributed by atoms with van der Waals surface area (Å²) in [5, 5.41) is 0. The van der Waals surface area contributed by atoms with Gasteiger partial charge >= 0.3 is 0 Å². The van der Waals surface area contributed by atoms with Crippen molar-refractivity contribution >= 4 is 0 Å². The van der Waals surface area contributed by atoms with E-state index in [-0.39, 0.29) is 10.8 Å². The molecule has 1 rings (SSSR count). The minimum absolute atomic E-state index is 0.130. The van der Waals surface area contributed by atoms with Crippen LogP contribution in [0.3, 0.4) is 0 Å². The van der Waals surface area contributed by atoms with Crippen molar-refractivity contribution in [2.24, 2.45) is 0 Å². The molecule has 0 aliphatic carbocycles. The van der Waals surface area contributed by atoms with Gasteiger partial charge < -0.3 is 0 Å². The van der Waals surface area contributed by atoms with E-state index in [4.69, 9.17) is 0 Å². The molecule has 0 atom stereocenters. The van der Waals surface area contributed by atoms with E-state index >= 15 is 0 Å². The summed E-state index contributed by atoms with van der Waals surface area (Å²) in [5.74, 6) is 0. The summed E-state index contributed by atoms with van der Waals surface area (Å²) in [6, 6.07) is 2.14. The predicted octanol–water partition coefficient (Wildman–Crippen LogP) is 3.99. The van der Waals surface area contributed by atoms with Gasteiger partial charge in [0.25, 0.3) is 0 Å². The highest BCUT2D eigenvalue weighted by Gasteiger charge is 2.23. The van der Waals surface area contributed by atoms with Gasteiger partial charge in [-0.15, -0.1) is 0 Å². The van der Waals surface area contributed by atoms with Gasteiger partial charge in [0.15, 0.2) is 0 Å². The molecule has 0 N–H and O–H groups in total. The summed E-state index contributed by atoms with van der Waals surface area (Å²) < 4.78 is 0. The number of nitrogens with zero attached hydrogens (tertiary/aromatic N) is 1. The van der Waals surface area contributed by atoms with Gasteiger partial charge in [0, 0.05) is 17.3 Å². The number of aromatic nitrogens is 1. The Bertz CT molecular complexity index is 318. The summed E-state index contributed by atoms with van der Waals surface area (Å²) in [7, 11) is 0. The molecule has 0 fully saturated rings. The Labute approximate surface area is 93.9 Å². The maximum absolute atomic E-state index is 4.52. The van der Waals surface area contributed by atoms with Crippen LogP contribution in [0.4, 0.5) is 0 Å². The van der Waals surface area contributed by atoms with E-state index < -0.39 is 0 Å². The molecule has 1 heteroatoms. The van der Waals surface area contributed by atoms with Crippen molar-refractivity contribution in [2.45, 2.75) is 59.3 Å². The second kappa shape index (κ2) is 3.62. The molecule has 0 aliphatic rings. The molecule has 15 heavy (non-hydrogen) atoms. The Morgan fingerprint density at radius 1 is 0.933 bits per heavy atom. The van der Waals surface area contributed by atoms with Crippen LogP contribution in [0.5, 0.6) is 0 Å². The van der Waals surface area contributed by atoms with E-state index in [9.17, 15) is 0 Å². The third-order valence-electron chi connectivity index (χ3n) is 2.72. The van der Waals surface area contributed by atoms with Crippen molar-refractivity contribution in [1.82, 2.24) is 4.98 Å². The summed E-state index contributed by atoms with van der Waals surface area (Å²) >= 11 is 0. The molecule has 0 bridgehead atoms. The van der Waals surface area contributed by atoms with E-state index in [1.54, 1.807) is 0 Å². The van der Waals surface area contributed by atoms with Crippen molar-refractivity contribution < 1.29 is 0 Å². The second-order valence-corrected chi connectivity index (χ2v) is 6.33. The Morgan fingerprint density at radius 3 is 1.87 bits per heavy atom. The standard InChI is InChI=1S/C14H23N/c1-10-11(13(2,3)4)8-9-15-12(10)14(5,6)7/h8-9H,1-7H3. The van der Waals surface area contributed by atoms with Crippen molar-refractivity contribution in [3.63, 3.8) is 0 Å². The van der Waals surface area contributed by atoms with E-state index in [0.717, 1.165) is 0 Å². The predicted molar refractivity (Wildman–Crippen MR) is 66.4 cm³/mol. The molecule has 1 aromatic heterocycles. The molecular weight excluding hydrogens is 182 g/mol. The Kier molecular flexibility index (Phi) is 2.95. The fourth-order valence-electron chi connectivity index (χ4n) is 2.10. The van der Waals surface area contributed by atoms with Crippen molar-refractivity contribution in [3.8, 4) is 0 Å². The Balaban J connectivity index is 3.37. The molecule has 1 nitrogen and oxygen atoms in total. The topological polar surface area (TPSA) is 12.9 Å². The van der Waals surface area contributed by atoms with Crippen molar-refractivity contribution in [1.29, 1.82) is 0 Å². The molecule has 1 heterocycles. The van der Waals surface area contributed by atoms with Gasteiger partial charge in [-0.2, -0.15) is 0 Å². The lowest BCUT2D eigenvalue weighted by atomic mass is 9.80. The number of hydrogen-bond donors (Lipinski definition) is 0. The number of hydrogen-bond acceptors (Lipinski definition) is 1. The maximum Gasteiger partial charge on any atom is 0.0489 e. The maximum atomic E-state index is 4.52. The van der Waals surface area contributed by atoms with Gasteiger partial charge in [0.05, 0.1) is 0 Å². The fourth-order valence-corrected chi connectivity index (χ4v) is 2.10. The van der Waals surface area contributed by atoms with Gasteiger partial charge in [0.2, 0.25) is 0 Å². The quantitative estimate of drug-likeness (QED) is 0.624. The average molecular weight is 205 g/mol. The molecule has 1 aromatic rings. The molecule has 0 spiro atoms. The van der Waals surface area contributed by atoms with E-state index in [0.29, 0.717) is 0 Å². The zero-order chi connectivity index (χ0) is 11.9. The molecule has 84 valence electrons. The van der Waals surface area contributed by atoms with Crippen LogP contribution in [0.15, 0.2) is 12.3 Å². The minimum Gasteiger partial charge on any atom is -0.260 e. The Hall–Kier alpha value is -0.850. The molecule has 0 aliphatic heterocycles. The van der Waals surface area contributed by atoms with Gasteiger partial charge in [-0.25, -0.2) is 0 Å². The van der Waals surface area contributed by atoms with Crippen LogP contribution in [0, 0.1) is 6.92 Å². The first-order valence-electron chi connectivity index (χ1n) is 5.60. The lowest BCUT2D eigenvalue weighted by molar-refractivity contribution is 0.545. The zero-order valence-electron chi connectivity index (χ0n) is 11.1. The van der Waals surface area contributed by atoms with Gasteiger partial charge in [0.1, 0.15) is 0 Å². The minimum atomic E-state index is 0.130. The summed E-state index contributed by atoms with van der Waals surface area (Å²) in [5.41, 5.74) is 4.30. The summed E-state index contributed by atoms with van der Waals surface area (Å²) in [6.45, 7) is 15.6. The first kappa shape index (κ1) is 12.2. The highest BCUT2D eigenvalue weighted by molar-refractivity contribution is 5.36. The van der Waals surface area contributed by atoms with Crippen LogP contribution in [-0.2, 0) is 10.8 Å². The molecular formula is C14H23N. The third-order valence-corrected chi connectivity index (χ3v) is 2.72. The first-order chi connectivity index (χ1) is 6.64. The fraction of sp³-hybridized carbons (Fsp3) is 0.643. The zero-order valence-corrected chi connectivity index (χ0v) is 11.1. The van der Waals surface area contributed by atoms with E-state index in [1.165, 1.54) is 16.8 Å². The van der Waals surface area contributed by atoms with Gasteiger partial charge in [-0.1, -0.05) is 41.5 Å². The second-order valence-electron chi connectivity index (χ2n) is 6.33. The number of rotatable bonds is 0. The first-order valence-corrected chi connectivity index (χ1v) is 5.60. The largest absolute Gasteiger partial charge is 0.260 e. The van der Waals surface area contributed by atoms with Crippen LogP contribution in [0.2, 0.25) is 0 Å². The lowest BCUT2D eigenvalue weighted by Crippen LogP contribution is -2.20. The van der Waals surface area contributed by atoms with Crippen molar-refractivity contribution in [2.75, 3.05) is 0 Å². The van der Waals surface area contributed by atoms with Gasteiger partial charge in [-0.3, -0.25) is 4.98 Å². The average Bonchev–Trinajstić information content (AvgIpc) is 1.99. The normalized spacial score (nSPS) is 13.0. The van der Waals surface area contributed by atoms with Crippen LogP contribution >= 0.6 is 0 Å². The molecule has 0 aromatic carbocycles. The molecule has 0 radical (unpaired) electrons. The van der Waals surface area contributed by atoms with Crippen LogP contribution in [-0.4, -0.2) is 4.98 Å². The highest BCUT2D eigenvalue weighted by Crippen LogP contribution is 2.31. The Morgan fingerprint density at radius 2 is 1.47 bits per heavy atom. The summed E-state index contributed by atoms with van der Waals surface area (Å²) in [4.78, 5) is 4.52. The lowest BCUT2D eigenvalue weighted by Gasteiger charge is -2.27. The molecule has 0 saturated heterocycles. The smallest absolute Gasteiger partial charge is 0.0489 e. The number of pyridine rings is 1. The monoisotopic (exact) mass is 205 g/mol. The molecule has 0 unspecified atom stereocenters. The van der Waals surface area contributed by atoms with Crippen molar-refractivity contribution in [3.05, 3.63) is 29.1 Å². The summed E-state index contributed by atoms with van der Waals surface area (Å²) in [6.07, 6.45) is 1.94. The molecule has 0 amide bonds. The van der Waals surface area contributed by atoms with E-state index in [2.05, 4.69) is 59.5 Å². The van der Waals surface area contributed by atoms with Gasteiger partial charge in [-0.05, 0) is 29.5 Å². The van der Waals surface area contributed by atoms with Crippen LogP contribution in [0.1, 0.15) is 58.4 Å². The van der Waals surface area contributed by atoms with E-state index in [1.807, 2.05) is 6.20 Å². The highest BCUT2D eigenvalue weighted by atomic mass is 14.7. The SMILES string of the molecule is Cc1c(C(C)(C)C)ccnc1C(C)(C)C. The van der Waals surface area contributed by atoms with Crippen LogP contribution in [0.25, 0.3) is 0 Å². The third kappa shape index (κ3) is 2.58. The molecule has 0 saturated carbocycles. The van der Waals surface area contributed by atoms with Crippen LogP contribution < -0.4 is 0 Å².